The molecule has 0 aliphatic carbocycles. The summed E-state index contributed by atoms with van der Waals surface area (Å²) in [7, 11) is 2.16. The summed E-state index contributed by atoms with van der Waals surface area (Å²) in [5, 5.41) is 2.52. The molecule has 0 N–H and O–H groups in total. The summed E-state index contributed by atoms with van der Waals surface area (Å²) in [6.45, 7) is 4.34. The van der Waals surface area contributed by atoms with Gasteiger partial charge in [0.05, 0.1) is 23.5 Å². The van der Waals surface area contributed by atoms with Gasteiger partial charge in [-0.2, -0.15) is 9.13 Å². The summed E-state index contributed by atoms with van der Waals surface area (Å²) < 4.78 is 9.19. The first kappa shape index (κ1) is 19.5. The van der Waals surface area contributed by atoms with Gasteiger partial charge in [-0.25, -0.2) is 0 Å². The highest BCUT2D eigenvalue weighted by molar-refractivity contribution is 6.07. The van der Waals surface area contributed by atoms with Gasteiger partial charge < -0.3 is 0 Å². The zero-order valence-corrected chi connectivity index (χ0v) is 19.1. The van der Waals surface area contributed by atoms with Crippen molar-refractivity contribution < 1.29 is 9.13 Å². The van der Waals surface area contributed by atoms with Crippen LogP contribution in [-0.4, -0.2) is 9.13 Å². The van der Waals surface area contributed by atoms with Crippen LogP contribution in [0.3, 0.4) is 0 Å². The summed E-state index contributed by atoms with van der Waals surface area (Å²) in [4.78, 5) is 0. The standard InChI is InChI=1S/C29H26N4/c1-21-11-7-9-15-26(21)33-27-16-10-8-14-24(27)25-17-18-28(30(3)29(25)33)32-20-19-31(22(32)2)23-12-5-4-6-13-23/h4-20H,1-3H3/q+2. The number of rotatable bonds is 3. The predicted molar refractivity (Wildman–Crippen MR) is 132 cm³/mol. The first-order valence-corrected chi connectivity index (χ1v) is 11.3. The van der Waals surface area contributed by atoms with Gasteiger partial charge in [0, 0.05) is 11.5 Å². The molecule has 4 nitrogen and oxygen atoms in total. The van der Waals surface area contributed by atoms with Crippen LogP contribution in [0.5, 0.6) is 0 Å². The van der Waals surface area contributed by atoms with Crippen LogP contribution in [0.15, 0.2) is 103 Å². The van der Waals surface area contributed by atoms with E-state index in [0.29, 0.717) is 0 Å². The van der Waals surface area contributed by atoms with E-state index in [0.717, 1.165) is 17.3 Å². The quantitative estimate of drug-likeness (QED) is 0.340. The normalized spacial score (nSPS) is 11.5. The maximum atomic E-state index is 2.40. The number of pyridine rings is 1. The molecule has 3 heterocycles. The minimum atomic E-state index is 1.12. The molecule has 160 valence electrons. The van der Waals surface area contributed by atoms with Gasteiger partial charge in [-0.3, -0.25) is 4.57 Å². The van der Waals surface area contributed by atoms with Crippen LogP contribution >= 0.6 is 0 Å². The minimum absolute atomic E-state index is 1.12. The van der Waals surface area contributed by atoms with Crippen LogP contribution in [0.25, 0.3) is 39.1 Å². The molecule has 4 heteroatoms. The Morgan fingerprint density at radius 1 is 0.697 bits per heavy atom. The number of fused-ring (bicyclic) bond motifs is 3. The fraction of sp³-hybridized carbons (Fsp3) is 0.103. The van der Waals surface area contributed by atoms with Gasteiger partial charge in [0.25, 0.3) is 0 Å². The van der Waals surface area contributed by atoms with E-state index in [1.165, 1.54) is 33.2 Å². The van der Waals surface area contributed by atoms with Crippen molar-refractivity contribution in [2.45, 2.75) is 13.8 Å². The maximum Gasteiger partial charge on any atom is 0.346 e. The molecule has 3 aromatic carbocycles. The molecule has 0 aliphatic rings. The summed E-state index contributed by atoms with van der Waals surface area (Å²) >= 11 is 0. The van der Waals surface area contributed by atoms with Crippen LogP contribution in [0.2, 0.25) is 0 Å². The van der Waals surface area contributed by atoms with E-state index in [9.17, 15) is 0 Å². The Morgan fingerprint density at radius 2 is 1.42 bits per heavy atom. The van der Waals surface area contributed by atoms with Gasteiger partial charge >= 0.3 is 11.6 Å². The van der Waals surface area contributed by atoms with E-state index in [1.807, 2.05) is 0 Å². The van der Waals surface area contributed by atoms with E-state index >= 15 is 0 Å². The Labute approximate surface area is 193 Å². The Balaban J connectivity index is 1.66. The number of aromatic nitrogens is 4. The van der Waals surface area contributed by atoms with E-state index in [-0.39, 0.29) is 0 Å². The average Bonchev–Trinajstić information content (AvgIpc) is 3.39. The number of hydrogen-bond acceptors (Lipinski definition) is 0. The number of aryl methyl sites for hydroxylation is 2. The number of nitrogens with zero attached hydrogens (tertiary/aromatic N) is 4. The molecule has 6 aromatic rings. The van der Waals surface area contributed by atoms with Gasteiger partial charge in [0.1, 0.15) is 7.05 Å². The first-order valence-electron chi connectivity index (χ1n) is 11.3. The molecule has 0 atom stereocenters. The fourth-order valence-corrected chi connectivity index (χ4v) is 4.99. The molecular formula is C29H26N4+2. The number of imidazole rings is 1. The van der Waals surface area contributed by atoms with Crippen molar-refractivity contribution in [2.24, 2.45) is 7.05 Å². The maximum absolute atomic E-state index is 2.40. The fourth-order valence-electron chi connectivity index (χ4n) is 4.99. The van der Waals surface area contributed by atoms with Crippen molar-refractivity contribution >= 4 is 21.9 Å². The highest BCUT2D eigenvalue weighted by Gasteiger charge is 2.27. The molecule has 0 fully saturated rings. The third kappa shape index (κ3) is 2.91. The minimum Gasteiger partial charge on any atom is -0.270 e. The van der Waals surface area contributed by atoms with Crippen LogP contribution in [0.4, 0.5) is 0 Å². The second kappa shape index (κ2) is 7.45. The van der Waals surface area contributed by atoms with Gasteiger partial charge in [0.2, 0.25) is 5.65 Å². The van der Waals surface area contributed by atoms with E-state index in [4.69, 9.17) is 0 Å². The SMILES string of the molecule is Cc1ccccc1-n1c2ccccc2c2ccc(-[n+]3ccn(-c4ccccc4)c3C)[n+](C)c21. The van der Waals surface area contributed by atoms with Gasteiger partial charge in [0.15, 0.2) is 18.1 Å². The lowest BCUT2D eigenvalue weighted by atomic mass is 10.2. The van der Waals surface area contributed by atoms with Gasteiger partial charge in [-0.05, 0) is 42.8 Å². The second-order valence-corrected chi connectivity index (χ2v) is 8.55. The molecule has 0 spiro atoms. The van der Waals surface area contributed by atoms with Gasteiger partial charge in [-0.15, -0.1) is 4.57 Å². The van der Waals surface area contributed by atoms with Gasteiger partial charge in [-0.1, -0.05) is 54.6 Å². The summed E-state index contributed by atoms with van der Waals surface area (Å²) in [6, 6.07) is 32.2. The highest BCUT2D eigenvalue weighted by atomic mass is 15.2. The van der Waals surface area contributed by atoms with Crippen molar-refractivity contribution in [3.63, 3.8) is 0 Å². The molecule has 0 unspecified atom stereocenters. The third-order valence-electron chi connectivity index (χ3n) is 6.65. The zero-order valence-electron chi connectivity index (χ0n) is 19.1. The second-order valence-electron chi connectivity index (χ2n) is 8.55. The Kier molecular flexibility index (Phi) is 4.40. The molecular weight excluding hydrogens is 404 g/mol. The molecule has 3 aromatic heterocycles. The molecule has 0 saturated carbocycles. The highest BCUT2D eigenvalue weighted by Crippen LogP contribution is 2.31. The zero-order chi connectivity index (χ0) is 22.5. The number of benzene rings is 3. The molecule has 0 radical (unpaired) electrons. The van der Waals surface area contributed by atoms with Crippen molar-refractivity contribution in [1.29, 1.82) is 0 Å². The van der Waals surface area contributed by atoms with E-state index in [1.54, 1.807) is 0 Å². The molecule has 6 rings (SSSR count). The van der Waals surface area contributed by atoms with Crippen LogP contribution in [0, 0.1) is 13.8 Å². The monoisotopic (exact) mass is 430 g/mol. The molecule has 33 heavy (non-hydrogen) atoms. The topological polar surface area (TPSA) is 17.6 Å². The average molecular weight is 431 g/mol. The van der Waals surface area contributed by atoms with Crippen LogP contribution < -0.4 is 9.13 Å². The van der Waals surface area contributed by atoms with Crippen LogP contribution in [-0.2, 0) is 7.05 Å². The van der Waals surface area contributed by atoms with E-state index < -0.39 is 0 Å². The Morgan fingerprint density at radius 3 is 2.24 bits per heavy atom. The van der Waals surface area contributed by atoms with Crippen molar-refractivity contribution in [2.75, 3.05) is 0 Å². The number of para-hydroxylation sites is 3. The molecule has 0 saturated heterocycles. The third-order valence-corrected chi connectivity index (χ3v) is 6.65. The van der Waals surface area contributed by atoms with Crippen molar-refractivity contribution in [3.05, 3.63) is 115 Å². The number of hydrogen-bond donors (Lipinski definition) is 0. The molecule has 0 aliphatic heterocycles. The smallest absolute Gasteiger partial charge is 0.270 e. The first-order chi connectivity index (χ1) is 16.1. The predicted octanol–water partition coefficient (Wildman–Crippen LogP) is 5.29. The van der Waals surface area contributed by atoms with Crippen LogP contribution in [0.1, 0.15) is 11.4 Å². The van der Waals surface area contributed by atoms with Crippen molar-refractivity contribution in [1.82, 2.24) is 9.13 Å². The van der Waals surface area contributed by atoms with E-state index in [2.05, 4.69) is 143 Å². The molecule has 0 bridgehead atoms. The summed E-state index contributed by atoms with van der Waals surface area (Å²) in [5.41, 5.74) is 6.02. The summed E-state index contributed by atoms with van der Waals surface area (Å²) in [6.07, 6.45) is 4.27. The lowest BCUT2D eigenvalue weighted by molar-refractivity contribution is -0.767. The summed E-state index contributed by atoms with van der Waals surface area (Å²) in [5.74, 6) is 2.27. The lowest BCUT2D eigenvalue weighted by Gasteiger charge is -2.10. The van der Waals surface area contributed by atoms with Crippen molar-refractivity contribution in [3.8, 4) is 17.2 Å². The Hall–Kier alpha value is -4.18. The Bertz CT molecular complexity index is 1640. The largest absolute Gasteiger partial charge is 0.346 e. The molecule has 0 amide bonds. The lowest BCUT2D eigenvalue weighted by Crippen LogP contribution is -2.48.